The van der Waals surface area contributed by atoms with E-state index in [9.17, 15) is 31.1 Å². The molecule has 5 nitrogen and oxygen atoms in total. The van der Waals surface area contributed by atoms with E-state index in [4.69, 9.17) is 4.74 Å². The average Bonchev–Trinajstić information content (AvgIpc) is 2.78. The molecule has 2 aromatic rings. The van der Waals surface area contributed by atoms with E-state index in [1.54, 1.807) is 14.0 Å². The highest BCUT2D eigenvalue weighted by Crippen LogP contribution is 2.35. The number of guanidine groups is 1. The summed E-state index contributed by atoms with van der Waals surface area (Å²) in [7, 11) is 2.73. The zero-order valence-electron chi connectivity index (χ0n) is 18.4. The van der Waals surface area contributed by atoms with Gasteiger partial charge >= 0.3 is 18.3 Å². The summed E-state index contributed by atoms with van der Waals surface area (Å²) in [6.45, 7) is 1.27. The number of ether oxygens (including phenoxy) is 1. The van der Waals surface area contributed by atoms with Gasteiger partial charge in [-0.25, -0.2) is 9.79 Å². The third kappa shape index (κ3) is 5.18. The summed E-state index contributed by atoms with van der Waals surface area (Å²) in [6, 6.07) is 8.30. The topological polar surface area (TPSA) is 53.9 Å². The van der Waals surface area contributed by atoms with E-state index in [2.05, 4.69) is 10.3 Å². The van der Waals surface area contributed by atoms with Crippen LogP contribution in [0.1, 0.15) is 35.2 Å². The molecular formula is C23H21F6N3O2. The molecule has 0 aromatic heterocycles. The molecular weight excluding hydrogens is 464 g/mol. The molecule has 1 atom stereocenters. The molecule has 1 heterocycles. The molecule has 3 rings (SSSR count). The molecule has 2 aromatic carbocycles. The van der Waals surface area contributed by atoms with Crippen molar-refractivity contribution >= 4 is 11.9 Å². The Kier molecular flexibility index (Phi) is 6.94. The van der Waals surface area contributed by atoms with Crippen LogP contribution in [0, 0.1) is 0 Å². The van der Waals surface area contributed by atoms with Crippen LogP contribution >= 0.6 is 0 Å². The van der Waals surface area contributed by atoms with Gasteiger partial charge in [0.15, 0.2) is 5.96 Å². The van der Waals surface area contributed by atoms with Gasteiger partial charge in [0.05, 0.1) is 36.4 Å². The molecule has 0 radical (unpaired) electrons. The first-order chi connectivity index (χ1) is 15.8. The number of carbonyl (C=O) groups is 1. The molecule has 1 aliphatic heterocycles. The first kappa shape index (κ1) is 25.1. The second kappa shape index (κ2) is 9.40. The molecule has 11 heteroatoms. The number of hydrogen-bond donors (Lipinski definition) is 1. The lowest BCUT2D eigenvalue weighted by Crippen LogP contribution is -2.47. The molecule has 0 saturated heterocycles. The van der Waals surface area contributed by atoms with Crippen molar-refractivity contribution in [3.05, 3.63) is 82.1 Å². The monoisotopic (exact) mass is 485 g/mol. The summed E-state index contributed by atoms with van der Waals surface area (Å²) in [4.78, 5) is 18.2. The number of benzene rings is 2. The van der Waals surface area contributed by atoms with Crippen LogP contribution in [0.25, 0.3) is 0 Å². The first-order valence-corrected chi connectivity index (χ1v) is 10.0. The van der Waals surface area contributed by atoms with Gasteiger partial charge in [0.25, 0.3) is 0 Å². The lowest BCUT2D eigenvalue weighted by molar-refractivity contribution is -0.138. The summed E-state index contributed by atoms with van der Waals surface area (Å²) in [5.74, 6) is -0.560. The third-order valence-electron chi connectivity index (χ3n) is 5.47. The van der Waals surface area contributed by atoms with Crippen molar-refractivity contribution in [3.8, 4) is 0 Å². The van der Waals surface area contributed by atoms with Gasteiger partial charge in [-0.3, -0.25) is 0 Å². The Morgan fingerprint density at radius 1 is 1.03 bits per heavy atom. The molecule has 1 N–H and O–H groups in total. The highest BCUT2D eigenvalue weighted by Gasteiger charge is 2.36. The Balaban J connectivity index is 2.01. The van der Waals surface area contributed by atoms with Crippen molar-refractivity contribution in [1.82, 2.24) is 10.2 Å². The van der Waals surface area contributed by atoms with Crippen LogP contribution in [0.4, 0.5) is 26.3 Å². The van der Waals surface area contributed by atoms with Crippen molar-refractivity contribution in [3.63, 3.8) is 0 Å². The fourth-order valence-electron chi connectivity index (χ4n) is 3.58. The number of methoxy groups -OCH3 is 1. The van der Waals surface area contributed by atoms with E-state index in [0.29, 0.717) is 11.3 Å². The molecule has 0 spiro atoms. The Labute approximate surface area is 191 Å². The van der Waals surface area contributed by atoms with Gasteiger partial charge in [-0.05, 0) is 36.2 Å². The molecule has 1 aliphatic rings. The van der Waals surface area contributed by atoms with Gasteiger partial charge in [0.2, 0.25) is 0 Å². The van der Waals surface area contributed by atoms with Crippen molar-refractivity contribution in [2.45, 2.75) is 31.9 Å². The van der Waals surface area contributed by atoms with Crippen LogP contribution in [0.3, 0.4) is 0 Å². The van der Waals surface area contributed by atoms with Gasteiger partial charge in [-0.1, -0.05) is 30.3 Å². The van der Waals surface area contributed by atoms with Gasteiger partial charge in [-0.2, -0.15) is 26.3 Å². The number of rotatable bonds is 4. The van der Waals surface area contributed by atoms with Gasteiger partial charge in [-0.15, -0.1) is 0 Å². The maximum absolute atomic E-state index is 13.3. The lowest BCUT2D eigenvalue weighted by Gasteiger charge is -2.36. The Morgan fingerprint density at radius 2 is 1.65 bits per heavy atom. The number of aliphatic imine (C=N–C) groups is 1. The van der Waals surface area contributed by atoms with E-state index in [1.807, 2.05) is 0 Å². The Bertz CT molecular complexity index is 1120. The summed E-state index contributed by atoms with van der Waals surface area (Å²) in [5.41, 5.74) is -0.882. The predicted octanol–water partition coefficient (Wildman–Crippen LogP) is 5.30. The lowest BCUT2D eigenvalue weighted by atomic mass is 9.94. The van der Waals surface area contributed by atoms with Gasteiger partial charge in [0.1, 0.15) is 0 Å². The minimum Gasteiger partial charge on any atom is -0.466 e. The quantitative estimate of drug-likeness (QED) is 0.472. The zero-order chi connectivity index (χ0) is 25.3. The first-order valence-electron chi connectivity index (χ1n) is 10.0. The van der Waals surface area contributed by atoms with Crippen LogP contribution in [0.2, 0.25) is 0 Å². The number of hydrogen-bond acceptors (Lipinski definition) is 3. The SMILES string of the molecule is COC(=O)C1=C(C)N(C)C(=NCc2ccccc2C(F)(F)F)NC1c1ccc(C(F)(F)F)cc1. The molecule has 0 saturated carbocycles. The zero-order valence-corrected chi connectivity index (χ0v) is 18.4. The molecule has 0 fully saturated rings. The summed E-state index contributed by atoms with van der Waals surface area (Å²) in [5, 5.41) is 2.96. The highest BCUT2D eigenvalue weighted by atomic mass is 19.4. The van der Waals surface area contributed by atoms with E-state index < -0.39 is 35.5 Å². The average molecular weight is 485 g/mol. The van der Waals surface area contributed by atoms with E-state index >= 15 is 0 Å². The largest absolute Gasteiger partial charge is 0.466 e. The number of alkyl halides is 6. The predicted molar refractivity (Wildman–Crippen MR) is 112 cm³/mol. The number of halogens is 6. The van der Waals surface area contributed by atoms with Crippen molar-refractivity contribution in [2.75, 3.05) is 14.2 Å². The number of esters is 1. The second-order valence-corrected chi connectivity index (χ2v) is 7.54. The standard InChI is InChI=1S/C23H21F6N3O2/c1-13-18(20(33)34-3)19(14-8-10-16(11-9-14)22(24,25)26)31-21(32(13)2)30-12-15-6-4-5-7-17(15)23(27,28)29/h4-11,19H,12H2,1-3H3,(H,30,31). The maximum Gasteiger partial charge on any atom is 0.416 e. The van der Waals surface area contributed by atoms with Crippen LogP contribution < -0.4 is 5.32 Å². The number of nitrogens with one attached hydrogen (secondary N) is 1. The van der Waals surface area contributed by atoms with Gasteiger partial charge in [0, 0.05) is 12.7 Å². The van der Waals surface area contributed by atoms with Crippen molar-refractivity contribution in [2.24, 2.45) is 4.99 Å². The molecule has 182 valence electrons. The third-order valence-corrected chi connectivity index (χ3v) is 5.47. The van der Waals surface area contributed by atoms with Crippen LogP contribution in [0.5, 0.6) is 0 Å². The molecule has 0 bridgehead atoms. The highest BCUT2D eigenvalue weighted by molar-refractivity contribution is 5.96. The molecule has 34 heavy (non-hydrogen) atoms. The summed E-state index contributed by atoms with van der Waals surface area (Å²) in [6.07, 6.45) is -9.09. The summed E-state index contributed by atoms with van der Waals surface area (Å²) >= 11 is 0. The normalized spacial score (nSPS) is 18.2. The molecule has 0 amide bonds. The van der Waals surface area contributed by atoms with Crippen LogP contribution in [-0.2, 0) is 28.4 Å². The maximum atomic E-state index is 13.3. The Morgan fingerprint density at radius 3 is 2.21 bits per heavy atom. The Hall–Kier alpha value is -3.50. The van der Waals surface area contributed by atoms with Crippen LogP contribution in [0.15, 0.2) is 64.8 Å². The van der Waals surface area contributed by atoms with Crippen molar-refractivity contribution < 1.29 is 35.9 Å². The van der Waals surface area contributed by atoms with E-state index in [0.717, 1.165) is 18.2 Å². The minimum atomic E-state index is -4.56. The fourth-order valence-corrected chi connectivity index (χ4v) is 3.58. The number of carbonyl (C=O) groups excluding carboxylic acids is 1. The fraction of sp³-hybridized carbons (Fsp3) is 0.304. The van der Waals surface area contributed by atoms with Crippen LogP contribution in [-0.4, -0.2) is 31.0 Å². The van der Waals surface area contributed by atoms with E-state index in [1.165, 1.54) is 42.3 Å². The molecule has 0 aliphatic carbocycles. The second-order valence-electron chi connectivity index (χ2n) is 7.54. The van der Waals surface area contributed by atoms with Gasteiger partial charge < -0.3 is 15.0 Å². The molecule has 1 unspecified atom stereocenters. The van der Waals surface area contributed by atoms with Crippen molar-refractivity contribution in [1.29, 1.82) is 0 Å². The number of allylic oxidation sites excluding steroid dienone is 1. The number of nitrogens with zero attached hydrogens (tertiary/aromatic N) is 2. The summed E-state index contributed by atoms with van der Waals surface area (Å²) < 4.78 is 83.7. The smallest absolute Gasteiger partial charge is 0.416 e. The minimum absolute atomic E-state index is 0.0517. The van der Waals surface area contributed by atoms with E-state index in [-0.39, 0.29) is 23.6 Å².